The van der Waals surface area contributed by atoms with E-state index in [1.165, 1.54) is 4.88 Å². The van der Waals surface area contributed by atoms with E-state index in [9.17, 15) is 14.4 Å². The van der Waals surface area contributed by atoms with Gasteiger partial charge in [-0.1, -0.05) is 60.7 Å². The van der Waals surface area contributed by atoms with Crippen LogP contribution in [0.4, 0.5) is 4.79 Å². The lowest BCUT2D eigenvalue weighted by Crippen LogP contribution is -2.44. The molecule has 1 fully saturated rings. The van der Waals surface area contributed by atoms with Crippen molar-refractivity contribution in [2.24, 2.45) is 0 Å². The standard InChI is InChI=1S/C26H27N3O3S/c1-19-13-14-22(33-19)17-28(16-15-20-9-5-3-6-10-20)23(30)18-29-24(31)26(2,27-25(29)32)21-11-7-4-8-12-21/h3-14H,15-18H2,1-2H3,(H,27,32). The Hall–Kier alpha value is -3.45. The van der Waals surface area contributed by atoms with Gasteiger partial charge >= 0.3 is 6.03 Å². The number of benzene rings is 2. The predicted molar refractivity (Wildman–Crippen MR) is 129 cm³/mol. The van der Waals surface area contributed by atoms with E-state index in [4.69, 9.17) is 0 Å². The molecule has 2 aromatic carbocycles. The van der Waals surface area contributed by atoms with Gasteiger partial charge in [-0.25, -0.2) is 4.79 Å². The van der Waals surface area contributed by atoms with Crippen molar-refractivity contribution in [3.63, 3.8) is 0 Å². The molecule has 1 atom stereocenters. The molecule has 0 spiro atoms. The third kappa shape index (κ3) is 4.98. The van der Waals surface area contributed by atoms with Gasteiger partial charge < -0.3 is 10.2 Å². The van der Waals surface area contributed by atoms with E-state index in [0.29, 0.717) is 25.1 Å². The number of hydrogen-bond acceptors (Lipinski definition) is 4. The average molecular weight is 462 g/mol. The Morgan fingerprint density at radius 2 is 1.67 bits per heavy atom. The third-order valence-electron chi connectivity index (χ3n) is 5.93. The molecule has 0 aliphatic carbocycles. The fourth-order valence-corrected chi connectivity index (χ4v) is 4.91. The van der Waals surface area contributed by atoms with Crippen LogP contribution in [0.3, 0.4) is 0 Å². The zero-order valence-electron chi connectivity index (χ0n) is 18.8. The van der Waals surface area contributed by atoms with Crippen molar-refractivity contribution in [1.82, 2.24) is 15.1 Å². The molecule has 7 heteroatoms. The number of carbonyl (C=O) groups excluding carboxylic acids is 3. The second-order valence-electron chi connectivity index (χ2n) is 8.38. The van der Waals surface area contributed by atoms with Crippen molar-refractivity contribution in [2.45, 2.75) is 32.4 Å². The zero-order valence-corrected chi connectivity index (χ0v) is 19.6. The van der Waals surface area contributed by atoms with Gasteiger partial charge in [-0.2, -0.15) is 0 Å². The fraction of sp³-hybridized carbons (Fsp3) is 0.269. The van der Waals surface area contributed by atoms with Crippen molar-refractivity contribution in [1.29, 1.82) is 0 Å². The van der Waals surface area contributed by atoms with Crippen LogP contribution in [0.25, 0.3) is 0 Å². The van der Waals surface area contributed by atoms with Crippen LogP contribution in [0.2, 0.25) is 0 Å². The maximum atomic E-state index is 13.3. The highest BCUT2D eigenvalue weighted by Gasteiger charge is 2.49. The predicted octanol–water partition coefficient (Wildman–Crippen LogP) is 4.10. The molecule has 1 unspecified atom stereocenters. The van der Waals surface area contributed by atoms with Gasteiger partial charge in [0.15, 0.2) is 0 Å². The number of nitrogens with one attached hydrogen (secondary N) is 1. The van der Waals surface area contributed by atoms with Gasteiger partial charge in [-0.05, 0) is 43.5 Å². The van der Waals surface area contributed by atoms with Gasteiger partial charge in [0, 0.05) is 16.3 Å². The third-order valence-corrected chi connectivity index (χ3v) is 6.91. The SMILES string of the molecule is Cc1ccc(CN(CCc2ccccc2)C(=O)CN2C(=O)NC(C)(c3ccccc3)C2=O)s1. The van der Waals surface area contributed by atoms with Crippen LogP contribution >= 0.6 is 11.3 Å². The molecule has 0 bridgehead atoms. The molecule has 33 heavy (non-hydrogen) atoms. The first-order valence-corrected chi connectivity index (χ1v) is 11.7. The van der Waals surface area contributed by atoms with Gasteiger partial charge in [-0.3, -0.25) is 14.5 Å². The molecule has 1 aliphatic rings. The van der Waals surface area contributed by atoms with E-state index >= 15 is 0 Å². The summed E-state index contributed by atoms with van der Waals surface area (Å²) in [6, 6.07) is 22.6. The van der Waals surface area contributed by atoms with Crippen molar-refractivity contribution in [2.75, 3.05) is 13.1 Å². The minimum atomic E-state index is -1.18. The van der Waals surface area contributed by atoms with Crippen LogP contribution in [0.5, 0.6) is 0 Å². The molecular weight excluding hydrogens is 434 g/mol. The van der Waals surface area contributed by atoms with Gasteiger partial charge in [0.25, 0.3) is 5.91 Å². The lowest BCUT2D eigenvalue weighted by Gasteiger charge is -2.25. The summed E-state index contributed by atoms with van der Waals surface area (Å²) < 4.78 is 0. The summed E-state index contributed by atoms with van der Waals surface area (Å²) >= 11 is 1.64. The number of thiophene rings is 1. The van der Waals surface area contributed by atoms with E-state index in [1.54, 1.807) is 35.3 Å². The lowest BCUT2D eigenvalue weighted by atomic mass is 9.92. The minimum absolute atomic E-state index is 0.252. The quantitative estimate of drug-likeness (QED) is 0.514. The summed E-state index contributed by atoms with van der Waals surface area (Å²) in [5, 5.41) is 2.77. The minimum Gasteiger partial charge on any atom is -0.336 e. The summed E-state index contributed by atoms with van der Waals surface area (Å²) in [7, 11) is 0. The number of urea groups is 1. The molecule has 170 valence electrons. The second kappa shape index (κ2) is 9.58. The first-order chi connectivity index (χ1) is 15.9. The van der Waals surface area contributed by atoms with Gasteiger partial charge in [-0.15, -0.1) is 11.3 Å². The molecule has 2 heterocycles. The van der Waals surface area contributed by atoms with Crippen LogP contribution < -0.4 is 5.32 Å². The second-order valence-corrected chi connectivity index (χ2v) is 9.75. The summed E-state index contributed by atoms with van der Waals surface area (Å²) in [6.07, 6.45) is 0.693. The molecule has 0 saturated carbocycles. The Balaban J connectivity index is 1.50. The summed E-state index contributed by atoms with van der Waals surface area (Å²) in [6.45, 7) is 4.37. The van der Waals surface area contributed by atoms with E-state index in [2.05, 4.69) is 5.32 Å². The maximum absolute atomic E-state index is 13.3. The molecular formula is C26H27N3O3S. The molecule has 1 aliphatic heterocycles. The van der Waals surface area contributed by atoms with Crippen LogP contribution in [-0.2, 0) is 28.1 Å². The number of hydrogen-bond donors (Lipinski definition) is 1. The van der Waals surface area contributed by atoms with Crippen LogP contribution in [0.15, 0.2) is 72.8 Å². The summed E-state index contributed by atoms with van der Waals surface area (Å²) in [5.41, 5.74) is 0.635. The average Bonchev–Trinajstić information content (AvgIpc) is 3.33. The zero-order chi connectivity index (χ0) is 23.4. The van der Waals surface area contributed by atoms with E-state index in [0.717, 1.165) is 15.3 Å². The number of nitrogens with zero attached hydrogens (tertiary/aromatic N) is 2. The number of aryl methyl sites for hydroxylation is 1. The number of imide groups is 1. The Morgan fingerprint density at radius 1 is 1.00 bits per heavy atom. The van der Waals surface area contributed by atoms with Crippen molar-refractivity contribution >= 4 is 29.2 Å². The van der Waals surface area contributed by atoms with Gasteiger partial charge in [0.2, 0.25) is 5.91 Å². The van der Waals surface area contributed by atoms with Crippen molar-refractivity contribution < 1.29 is 14.4 Å². The normalized spacial score (nSPS) is 17.8. The topological polar surface area (TPSA) is 69.7 Å². The van der Waals surface area contributed by atoms with Crippen LogP contribution in [0, 0.1) is 6.92 Å². The van der Waals surface area contributed by atoms with Gasteiger partial charge in [0.1, 0.15) is 12.1 Å². The smallest absolute Gasteiger partial charge is 0.325 e. The Bertz CT molecular complexity index is 1150. The Morgan fingerprint density at radius 3 is 2.30 bits per heavy atom. The lowest BCUT2D eigenvalue weighted by molar-refractivity contribution is -0.139. The van der Waals surface area contributed by atoms with Gasteiger partial charge in [0.05, 0.1) is 6.54 Å². The van der Waals surface area contributed by atoms with Crippen molar-refractivity contribution in [3.8, 4) is 0 Å². The summed E-state index contributed by atoms with van der Waals surface area (Å²) in [4.78, 5) is 44.2. The van der Waals surface area contributed by atoms with E-state index in [-0.39, 0.29) is 12.5 Å². The largest absolute Gasteiger partial charge is 0.336 e. The van der Waals surface area contributed by atoms with Crippen LogP contribution in [0.1, 0.15) is 27.8 Å². The number of rotatable bonds is 8. The molecule has 4 rings (SSSR count). The molecule has 1 aromatic heterocycles. The van der Waals surface area contributed by atoms with E-state index in [1.807, 2.05) is 67.6 Å². The van der Waals surface area contributed by atoms with Crippen molar-refractivity contribution in [3.05, 3.63) is 93.7 Å². The number of amides is 4. The molecule has 1 saturated heterocycles. The maximum Gasteiger partial charge on any atom is 0.325 e. The molecule has 0 radical (unpaired) electrons. The Labute approximate surface area is 197 Å². The number of carbonyl (C=O) groups is 3. The molecule has 6 nitrogen and oxygen atoms in total. The highest BCUT2D eigenvalue weighted by molar-refractivity contribution is 7.11. The molecule has 1 N–H and O–H groups in total. The first-order valence-electron chi connectivity index (χ1n) is 10.9. The Kier molecular flexibility index (Phi) is 6.60. The fourth-order valence-electron chi connectivity index (χ4n) is 4.00. The van der Waals surface area contributed by atoms with E-state index < -0.39 is 17.5 Å². The highest BCUT2D eigenvalue weighted by atomic mass is 32.1. The summed E-state index contributed by atoms with van der Waals surface area (Å²) in [5.74, 6) is -0.667. The van der Waals surface area contributed by atoms with Crippen LogP contribution in [-0.4, -0.2) is 40.7 Å². The highest BCUT2D eigenvalue weighted by Crippen LogP contribution is 2.28. The monoisotopic (exact) mass is 461 g/mol. The first kappa shape index (κ1) is 22.7. The molecule has 4 amide bonds. The molecule has 3 aromatic rings.